The summed E-state index contributed by atoms with van der Waals surface area (Å²) >= 11 is 6.11. The number of nitrogens with one attached hydrogen (secondary N) is 1. The fourth-order valence-electron chi connectivity index (χ4n) is 1.98. The minimum absolute atomic E-state index is 0.108. The predicted molar refractivity (Wildman–Crippen MR) is 76.1 cm³/mol. The molecule has 106 valence electrons. The minimum Gasteiger partial charge on any atom is -0.497 e. The van der Waals surface area contributed by atoms with Gasteiger partial charge in [0.05, 0.1) is 12.7 Å². The molecule has 0 unspecified atom stereocenters. The summed E-state index contributed by atoms with van der Waals surface area (Å²) in [7, 11) is 3.16. The van der Waals surface area contributed by atoms with Crippen molar-refractivity contribution >= 4 is 11.6 Å². The molecule has 0 heterocycles. The summed E-state index contributed by atoms with van der Waals surface area (Å²) in [6.07, 6.45) is 0. The maximum atomic E-state index is 14.0. The number of benzene rings is 2. The van der Waals surface area contributed by atoms with E-state index in [9.17, 15) is 8.78 Å². The first-order valence-corrected chi connectivity index (χ1v) is 6.41. The Morgan fingerprint density at radius 1 is 1.15 bits per heavy atom. The van der Waals surface area contributed by atoms with Gasteiger partial charge in [-0.15, -0.1) is 0 Å². The summed E-state index contributed by atoms with van der Waals surface area (Å²) in [4.78, 5) is 0. The van der Waals surface area contributed by atoms with Crippen LogP contribution < -0.4 is 10.1 Å². The van der Waals surface area contributed by atoms with Crippen molar-refractivity contribution < 1.29 is 13.5 Å². The molecule has 0 amide bonds. The second-order valence-electron chi connectivity index (χ2n) is 4.30. The number of halogens is 3. The molecule has 0 aromatic heterocycles. The van der Waals surface area contributed by atoms with Crippen molar-refractivity contribution in [3.63, 3.8) is 0 Å². The standard InChI is InChI=1S/C15H14ClF2NO/c1-19-8-10-4-3-9(5-12(10)16)15-13(17)6-11(20-2)7-14(15)18/h3-7,19H,8H2,1-2H3. The topological polar surface area (TPSA) is 21.3 Å². The summed E-state index contributed by atoms with van der Waals surface area (Å²) in [6.45, 7) is 0.590. The largest absolute Gasteiger partial charge is 0.497 e. The van der Waals surface area contributed by atoms with Crippen molar-refractivity contribution in [1.82, 2.24) is 5.32 Å². The molecule has 0 saturated carbocycles. The van der Waals surface area contributed by atoms with Gasteiger partial charge in [0.2, 0.25) is 0 Å². The lowest BCUT2D eigenvalue weighted by Crippen LogP contribution is -2.05. The quantitative estimate of drug-likeness (QED) is 0.920. The number of rotatable bonds is 4. The third-order valence-electron chi connectivity index (χ3n) is 2.96. The smallest absolute Gasteiger partial charge is 0.137 e. The molecule has 20 heavy (non-hydrogen) atoms. The highest BCUT2D eigenvalue weighted by molar-refractivity contribution is 6.31. The summed E-state index contributed by atoms with van der Waals surface area (Å²) in [5.41, 5.74) is 1.16. The zero-order valence-electron chi connectivity index (χ0n) is 11.1. The first-order chi connectivity index (χ1) is 9.56. The van der Waals surface area contributed by atoms with E-state index in [-0.39, 0.29) is 11.3 Å². The number of methoxy groups -OCH3 is 1. The molecule has 0 aliphatic rings. The van der Waals surface area contributed by atoms with E-state index in [4.69, 9.17) is 16.3 Å². The van der Waals surface area contributed by atoms with Crippen molar-refractivity contribution in [3.05, 3.63) is 52.6 Å². The van der Waals surface area contributed by atoms with Gasteiger partial charge in [-0.05, 0) is 24.2 Å². The molecule has 0 saturated heterocycles. The molecule has 0 atom stereocenters. The van der Waals surface area contributed by atoms with Crippen LogP contribution in [0, 0.1) is 11.6 Å². The van der Waals surface area contributed by atoms with Crippen LogP contribution >= 0.6 is 11.6 Å². The van der Waals surface area contributed by atoms with Gasteiger partial charge in [-0.1, -0.05) is 23.7 Å². The van der Waals surface area contributed by atoms with Gasteiger partial charge in [0, 0.05) is 23.7 Å². The lowest BCUT2D eigenvalue weighted by molar-refractivity contribution is 0.407. The van der Waals surface area contributed by atoms with E-state index in [0.29, 0.717) is 17.1 Å². The van der Waals surface area contributed by atoms with E-state index in [2.05, 4.69) is 5.32 Å². The van der Waals surface area contributed by atoms with Gasteiger partial charge in [0.15, 0.2) is 0 Å². The molecule has 0 spiro atoms. The molecule has 2 nitrogen and oxygen atoms in total. The van der Waals surface area contributed by atoms with Crippen LogP contribution in [0.25, 0.3) is 11.1 Å². The van der Waals surface area contributed by atoms with Gasteiger partial charge in [0.25, 0.3) is 0 Å². The van der Waals surface area contributed by atoms with Crippen LogP contribution in [0.4, 0.5) is 8.78 Å². The molecule has 5 heteroatoms. The van der Waals surface area contributed by atoms with E-state index in [0.717, 1.165) is 17.7 Å². The average Bonchev–Trinajstić information content (AvgIpc) is 2.41. The Morgan fingerprint density at radius 3 is 2.30 bits per heavy atom. The maximum absolute atomic E-state index is 14.0. The fraction of sp³-hybridized carbons (Fsp3) is 0.200. The van der Waals surface area contributed by atoms with Crippen LogP contribution in [0.1, 0.15) is 5.56 Å². The Morgan fingerprint density at radius 2 is 1.80 bits per heavy atom. The molecule has 2 rings (SSSR count). The van der Waals surface area contributed by atoms with Gasteiger partial charge < -0.3 is 10.1 Å². The van der Waals surface area contributed by atoms with Crippen LogP contribution in [0.5, 0.6) is 5.75 Å². The van der Waals surface area contributed by atoms with Gasteiger partial charge in [-0.3, -0.25) is 0 Å². The van der Waals surface area contributed by atoms with Crippen molar-refractivity contribution in [3.8, 4) is 16.9 Å². The predicted octanol–water partition coefficient (Wildman–Crippen LogP) is 4.01. The third kappa shape index (κ3) is 2.92. The van der Waals surface area contributed by atoms with E-state index < -0.39 is 11.6 Å². The molecule has 0 radical (unpaired) electrons. The van der Waals surface area contributed by atoms with Crippen molar-refractivity contribution in [1.29, 1.82) is 0 Å². The Kier molecular flexibility index (Phi) is 4.57. The zero-order valence-corrected chi connectivity index (χ0v) is 11.9. The van der Waals surface area contributed by atoms with Crippen LogP contribution in [-0.4, -0.2) is 14.2 Å². The molecule has 0 fully saturated rings. The first-order valence-electron chi connectivity index (χ1n) is 6.03. The van der Waals surface area contributed by atoms with E-state index in [1.54, 1.807) is 25.2 Å². The normalized spacial score (nSPS) is 10.7. The Hall–Kier alpha value is -1.65. The molecular weight excluding hydrogens is 284 g/mol. The minimum atomic E-state index is -0.681. The SMILES string of the molecule is CNCc1ccc(-c2c(F)cc(OC)cc2F)cc1Cl. The Labute approximate surface area is 121 Å². The van der Waals surface area contributed by atoms with Crippen molar-refractivity contribution in [2.45, 2.75) is 6.54 Å². The maximum Gasteiger partial charge on any atom is 0.137 e. The highest BCUT2D eigenvalue weighted by Crippen LogP contribution is 2.32. The number of ether oxygens (including phenoxy) is 1. The van der Waals surface area contributed by atoms with Gasteiger partial charge >= 0.3 is 0 Å². The highest BCUT2D eigenvalue weighted by atomic mass is 35.5. The van der Waals surface area contributed by atoms with Gasteiger partial charge in [-0.25, -0.2) is 8.78 Å². The van der Waals surface area contributed by atoms with Crippen LogP contribution in [0.2, 0.25) is 5.02 Å². The second kappa shape index (κ2) is 6.20. The Balaban J connectivity index is 2.49. The van der Waals surface area contributed by atoms with Gasteiger partial charge in [-0.2, -0.15) is 0 Å². The lowest BCUT2D eigenvalue weighted by atomic mass is 10.0. The summed E-state index contributed by atoms with van der Waals surface area (Å²) in [5, 5.41) is 3.44. The Bertz CT molecular complexity index is 608. The first kappa shape index (κ1) is 14.8. The number of hydrogen-bond acceptors (Lipinski definition) is 2. The highest BCUT2D eigenvalue weighted by Gasteiger charge is 2.15. The second-order valence-corrected chi connectivity index (χ2v) is 4.71. The third-order valence-corrected chi connectivity index (χ3v) is 3.31. The van der Waals surface area contributed by atoms with Gasteiger partial charge in [0.1, 0.15) is 17.4 Å². The summed E-state index contributed by atoms with van der Waals surface area (Å²) in [6, 6.07) is 7.24. The lowest BCUT2D eigenvalue weighted by Gasteiger charge is -2.10. The van der Waals surface area contributed by atoms with Crippen LogP contribution in [-0.2, 0) is 6.54 Å². The monoisotopic (exact) mass is 297 g/mol. The fourth-order valence-corrected chi connectivity index (χ4v) is 2.23. The van der Waals surface area contributed by atoms with E-state index >= 15 is 0 Å². The molecule has 0 aliphatic heterocycles. The summed E-state index contributed by atoms with van der Waals surface area (Å²) < 4.78 is 32.8. The summed E-state index contributed by atoms with van der Waals surface area (Å²) in [5.74, 6) is -1.22. The molecule has 2 aromatic rings. The average molecular weight is 298 g/mol. The van der Waals surface area contributed by atoms with E-state index in [1.165, 1.54) is 7.11 Å². The van der Waals surface area contributed by atoms with Crippen molar-refractivity contribution in [2.24, 2.45) is 0 Å². The van der Waals surface area contributed by atoms with Crippen LogP contribution in [0.15, 0.2) is 30.3 Å². The molecular formula is C15H14ClF2NO. The van der Waals surface area contributed by atoms with Crippen LogP contribution in [0.3, 0.4) is 0 Å². The van der Waals surface area contributed by atoms with Crippen molar-refractivity contribution in [2.75, 3.05) is 14.2 Å². The van der Waals surface area contributed by atoms with E-state index in [1.807, 2.05) is 0 Å². The molecule has 2 aromatic carbocycles. The molecule has 0 bridgehead atoms. The number of hydrogen-bond donors (Lipinski definition) is 1. The molecule has 1 N–H and O–H groups in total. The molecule has 0 aliphatic carbocycles. The zero-order chi connectivity index (χ0) is 14.7.